The average molecular weight is 165 g/mol. The van der Waals surface area contributed by atoms with Gasteiger partial charge in [-0.15, -0.1) is 0 Å². The molecule has 1 aromatic rings. The molecule has 0 saturated carbocycles. The highest BCUT2D eigenvalue weighted by atomic mass is 16.5. The van der Waals surface area contributed by atoms with Gasteiger partial charge in [0, 0.05) is 19.8 Å². The summed E-state index contributed by atoms with van der Waals surface area (Å²) in [5, 5.41) is 0. The normalized spacial score (nSPS) is 9.17. The van der Waals surface area contributed by atoms with Gasteiger partial charge in [0.2, 0.25) is 0 Å². The number of carbonyl (C=O) groups is 1. The van der Waals surface area contributed by atoms with Crippen LogP contribution < -0.4 is 9.64 Å². The zero-order valence-corrected chi connectivity index (χ0v) is 7.15. The second-order valence-corrected chi connectivity index (χ2v) is 2.60. The Morgan fingerprint density at radius 1 is 1.25 bits per heavy atom. The first-order valence-corrected chi connectivity index (χ1v) is 3.61. The fraction of sp³-hybridized carbons (Fsp3) is 0.222. The van der Waals surface area contributed by atoms with E-state index in [1.807, 2.05) is 31.1 Å². The zero-order chi connectivity index (χ0) is 8.97. The molecule has 0 bridgehead atoms. The van der Waals surface area contributed by atoms with Crippen molar-refractivity contribution in [2.45, 2.75) is 0 Å². The molecule has 64 valence electrons. The minimum Gasteiger partial charge on any atom is -0.429 e. The van der Waals surface area contributed by atoms with Crippen LogP contribution in [0.25, 0.3) is 0 Å². The van der Waals surface area contributed by atoms with Crippen LogP contribution in [0.2, 0.25) is 0 Å². The molecule has 1 aromatic carbocycles. The van der Waals surface area contributed by atoms with Crippen LogP contribution >= 0.6 is 0 Å². The second kappa shape index (κ2) is 3.76. The number of carbonyl (C=O) groups excluding carboxylic acids is 1. The molecule has 0 atom stereocenters. The molecule has 0 unspecified atom stereocenters. The number of anilines is 1. The van der Waals surface area contributed by atoms with E-state index in [0.29, 0.717) is 12.2 Å². The van der Waals surface area contributed by atoms with Gasteiger partial charge >= 0.3 is 0 Å². The number of hydrogen-bond acceptors (Lipinski definition) is 3. The standard InChI is InChI=1S/C9H11NO2/c1-10(2)8-3-5-9(6-4-8)12-7-11/h3-7H,1-2H3. The van der Waals surface area contributed by atoms with Gasteiger partial charge in [0.1, 0.15) is 5.75 Å². The second-order valence-electron chi connectivity index (χ2n) is 2.60. The third-order valence-corrected chi connectivity index (χ3v) is 1.54. The number of benzene rings is 1. The lowest BCUT2D eigenvalue weighted by Gasteiger charge is -2.11. The molecule has 3 nitrogen and oxygen atoms in total. The van der Waals surface area contributed by atoms with Crippen molar-refractivity contribution in [3.63, 3.8) is 0 Å². The summed E-state index contributed by atoms with van der Waals surface area (Å²) in [6.07, 6.45) is 0. The van der Waals surface area contributed by atoms with Gasteiger partial charge in [0.25, 0.3) is 6.47 Å². The molecule has 0 N–H and O–H groups in total. The van der Waals surface area contributed by atoms with Crippen molar-refractivity contribution in [3.05, 3.63) is 24.3 Å². The van der Waals surface area contributed by atoms with E-state index in [9.17, 15) is 4.79 Å². The van der Waals surface area contributed by atoms with Crippen LogP contribution in [-0.4, -0.2) is 20.6 Å². The maximum absolute atomic E-state index is 9.96. The van der Waals surface area contributed by atoms with E-state index in [-0.39, 0.29) is 0 Å². The van der Waals surface area contributed by atoms with Gasteiger partial charge in [0.15, 0.2) is 0 Å². The Labute approximate surface area is 71.6 Å². The van der Waals surface area contributed by atoms with Gasteiger partial charge < -0.3 is 9.64 Å². The first kappa shape index (κ1) is 8.59. The average Bonchev–Trinajstić information content (AvgIpc) is 2.06. The molecule has 0 aliphatic carbocycles. The lowest BCUT2D eigenvalue weighted by Crippen LogP contribution is -2.07. The monoisotopic (exact) mass is 165 g/mol. The Bertz CT molecular complexity index is 254. The van der Waals surface area contributed by atoms with E-state index < -0.39 is 0 Å². The molecule has 0 aliphatic rings. The molecule has 0 amide bonds. The van der Waals surface area contributed by atoms with Crippen molar-refractivity contribution in [1.82, 2.24) is 0 Å². The highest BCUT2D eigenvalue weighted by Crippen LogP contribution is 2.16. The highest BCUT2D eigenvalue weighted by molar-refractivity contribution is 5.51. The maximum atomic E-state index is 9.96. The molecule has 0 fully saturated rings. The van der Waals surface area contributed by atoms with Crippen LogP contribution in [0, 0.1) is 0 Å². The molecular weight excluding hydrogens is 154 g/mol. The molecule has 0 heterocycles. The highest BCUT2D eigenvalue weighted by Gasteiger charge is 1.95. The van der Waals surface area contributed by atoms with Crippen molar-refractivity contribution in [1.29, 1.82) is 0 Å². The Balaban J connectivity index is 2.78. The van der Waals surface area contributed by atoms with Gasteiger partial charge in [-0.2, -0.15) is 0 Å². The van der Waals surface area contributed by atoms with Crippen LogP contribution in [0.15, 0.2) is 24.3 Å². The Morgan fingerprint density at radius 2 is 1.83 bits per heavy atom. The first-order chi connectivity index (χ1) is 5.74. The Morgan fingerprint density at radius 3 is 2.25 bits per heavy atom. The molecule has 12 heavy (non-hydrogen) atoms. The number of hydrogen-bond donors (Lipinski definition) is 0. The lowest BCUT2D eigenvalue weighted by atomic mass is 10.3. The van der Waals surface area contributed by atoms with Crippen LogP contribution in [0.5, 0.6) is 5.75 Å². The quantitative estimate of drug-likeness (QED) is 0.632. The summed E-state index contributed by atoms with van der Waals surface area (Å²) in [7, 11) is 3.91. The van der Waals surface area contributed by atoms with Crippen molar-refractivity contribution >= 4 is 12.2 Å². The zero-order valence-electron chi connectivity index (χ0n) is 7.15. The summed E-state index contributed by atoms with van der Waals surface area (Å²) in [5.41, 5.74) is 1.08. The van der Waals surface area contributed by atoms with E-state index in [2.05, 4.69) is 4.74 Å². The van der Waals surface area contributed by atoms with E-state index in [1.54, 1.807) is 12.1 Å². The summed E-state index contributed by atoms with van der Waals surface area (Å²) < 4.78 is 4.64. The minimum absolute atomic E-state index is 0.421. The maximum Gasteiger partial charge on any atom is 0.298 e. The molecule has 1 rings (SSSR count). The minimum atomic E-state index is 0.421. The topological polar surface area (TPSA) is 29.5 Å². The molecule has 0 spiro atoms. The summed E-state index contributed by atoms with van der Waals surface area (Å²) >= 11 is 0. The third kappa shape index (κ3) is 1.99. The van der Waals surface area contributed by atoms with Gasteiger partial charge in [-0.25, -0.2) is 0 Å². The third-order valence-electron chi connectivity index (χ3n) is 1.54. The van der Waals surface area contributed by atoms with Crippen molar-refractivity contribution in [2.24, 2.45) is 0 Å². The Hall–Kier alpha value is -1.51. The van der Waals surface area contributed by atoms with E-state index >= 15 is 0 Å². The summed E-state index contributed by atoms with van der Waals surface area (Å²) in [5.74, 6) is 0.565. The van der Waals surface area contributed by atoms with Crippen LogP contribution in [-0.2, 0) is 4.79 Å². The summed E-state index contributed by atoms with van der Waals surface area (Å²) in [4.78, 5) is 11.9. The fourth-order valence-electron chi connectivity index (χ4n) is 0.878. The predicted octanol–water partition coefficient (Wildman–Crippen LogP) is 1.29. The molecule has 0 aliphatic heterocycles. The summed E-state index contributed by atoms with van der Waals surface area (Å²) in [6.45, 7) is 0.421. The SMILES string of the molecule is CN(C)c1ccc(OC=O)cc1. The smallest absolute Gasteiger partial charge is 0.298 e. The number of nitrogens with zero attached hydrogens (tertiary/aromatic N) is 1. The fourth-order valence-corrected chi connectivity index (χ4v) is 0.878. The molecule has 0 saturated heterocycles. The van der Waals surface area contributed by atoms with Crippen LogP contribution in [0.3, 0.4) is 0 Å². The van der Waals surface area contributed by atoms with Crippen molar-refractivity contribution in [2.75, 3.05) is 19.0 Å². The number of ether oxygens (including phenoxy) is 1. The van der Waals surface area contributed by atoms with Crippen molar-refractivity contribution < 1.29 is 9.53 Å². The van der Waals surface area contributed by atoms with E-state index in [1.165, 1.54) is 0 Å². The summed E-state index contributed by atoms with van der Waals surface area (Å²) in [6, 6.07) is 7.28. The molecule has 0 aromatic heterocycles. The van der Waals surface area contributed by atoms with Gasteiger partial charge in [-0.1, -0.05) is 0 Å². The predicted molar refractivity (Wildman–Crippen MR) is 47.5 cm³/mol. The van der Waals surface area contributed by atoms with E-state index in [0.717, 1.165) is 5.69 Å². The van der Waals surface area contributed by atoms with Gasteiger partial charge in [0.05, 0.1) is 0 Å². The molecule has 3 heteroatoms. The van der Waals surface area contributed by atoms with Gasteiger partial charge in [-0.05, 0) is 24.3 Å². The first-order valence-electron chi connectivity index (χ1n) is 3.61. The van der Waals surface area contributed by atoms with Crippen molar-refractivity contribution in [3.8, 4) is 5.75 Å². The van der Waals surface area contributed by atoms with Crippen LogP contribution in [0.4, 0.5) is 5.69 Å². The van der Waals surface area contributed by atoms with E-state index in [4.69, 9.17) is 0 Å². The lowest BCUT2D eigenvalue weighted by molar-refractivity contribution is -0.120. The van der Waals surface area contributed by atoms with Crippen LogP contribution in [0.1, 0.15) is 0 Å². The number of rotatable bonds is 3. The largest absolute Gasteiger partial charge is 0.429 e. The van der Waals surface area contributed by atoms with Gasteiger partial charge in [-0.3, -0.25) is 4.79 Å². The molecular formula is C9H11NO2. The molecule has 0 radical (unpaired) electrons. The Kier molecular flexibility index (Phi) is 2.69.